The van der Waals surface area contributed by atoms with Crippen molar-refractivity contribution >= 4 is 50.5 Å². The quantitative estimate of drug-likeness (QED) is 0.810. The van der Waals surface area contributed by atoms with Gasteiger partial charge >= 0.3 is 0 Å². The molecule has 1 atom stereocenters. The fourth-order valence-electron chi connectivity index (χ4n) is 3.24. The average molecular weight is 380 g/mol. The highest BCUT2D eigenvalue weighted by molar-refractivity contribution is 8.23. The van der Waals surface area contributed by atoms with E-state index in [-0.39, 0.29) is 5.91 Å². The van der Waals surface area contributed by atoms with Crippen molar-refractivity contribution in [2.24, 2.45) is 5.92 Å². The van der Waals surface area contributed by atoms with Crippen molar-refractivity contribution in [1.82, 2.24) is 4.90 Å². The number of nitrogens with one attached hydrogen (secondary N) is 1. The summed E-state index contributed by atoms with van der Waals surface area (Å²) in [7, 11) is 0. The van der Waals surface area contributed by atoms with Crippen LogP contribution in [0.4, 0.5) is 5.00 Å². The fraction of sp³-hybridized carbons (Fsp3) is 0.588. The first-order chi connectivity index (χ1) is 11.6. The first-order valence-corrected chi connectivity index (χ1v) is 10.6. The molecule has 1 N–H and O–H groups in total. The Kier molecular flexibility index (Phi) is 5.80. The van der Waals surface area contributed by atoms with Crippen LogP contribution >= 0.6 is 35.3 Å². The first-order valence-electron chi connectivity index (χ1n) is 8.34. The number of fused-ring (bicyclic) bond motifs is 1. The third-order valence-corrected chi connectivity index (χ3v) is 7.26. The van der Waals surface area contributed by atoms with Gasteiger partial charge in [-0.1, -0.05) is 30.9 Å². The largest absolute Gasteiger partial charge is 0.358 e. The van der Waals surface area contributed by atoms with Gasteiger partial charge in [-0.2, -0.15) is 5.26 Å². The van der Waals surface area contributed by atoms with Crippen molar-refractivity contribution in [1.29, 1.82) is 5.26 Å². The van der Waals surface area contributed by atoms with Gasteiger partial charge in [-0.3, -0.25) is 4.79 Å². The number of carbonyl (C=O) groups is 1. The molecule has 1 saturated heterocycles. The summed E-state index contributed by atoms with van der Waals surface area (Å²) < 4.78 is 0.808. The maximum absolute atomic E-state index is 12.3. The molecular weight excluding hydrogens is 358 g/mol. The van der Waals surface area contributed by atoms with Crippen molar-refractivity contribution in [3.8, 4) is 6.07 Å². The van der Waals surface area contributed by atoms with Crippen LogP contribution < -0.4 is 5.32 Å². The molecule has 0 unspecified atom stereocenters. The third-order valence-electron chi connectivity index (χ3n) is 4.57. The molecule has 1 aromatic rings. The summed E-state index contributed by atoms with van der Waals surface area (Å²) in [5, 5.41) is 13.1. The van der Waals surface area contributed by atoms with Crippen LogP contribution in [-0.4, -0.2) is 34.0 Å². The molecule has 24 heavy (non-hydrogen) atoms. The predicted molar refractivity (Wildman–Crippen MR) is 105 cm³/mol. The number of amides is 1. The van der Waals surface area contributed by atoms with Crippen molar-refractivity contribution in [3.63, 3.8) is 0 Å². The van der Waals surface area contributed by atoms with Gasteiger partial charge in [0.15, 0.2) is 0 Å². The molecule has 1 aromatic heterocycles. The van der Waals surface area contributed by atoms with Crippen LogP contribution in [-0.2, 0) is 17.6 Å². The molecule has 7 heteroatoms. The summed E-state index contributed by atoms with van der Waals surface area (Å²) in [6, 6.07) is 2.29. The Hall–Kier alpha value is -1.10. The molecule has 128 valence electrons. The lowest BCUT2D eigenvalue weighted by Crippen LogP contribution is -2.25. The minimum Gasteiger partial charge on any atom is -0.358 e. The van der Waals surface area contributed by atoms with E-state index >= 15 is 0 Å². The number of likely N-dealkylation sites (tertiary alicyclic amines) is 1. The number of thioether (sulfide) groups is 1. The van der Waals surface area contributed by atoms with Crippen LogP contribution in [0.15, 0.2) is 0 Å². The molecular formula is C17H21N3OS3. The molecule has 2 aliphatic rings. The van der Waals surface area contributed by atoms with E-state index in [4.69, 9.17) is 12.2 Å². The van der Waals surface area contributed by atoms with E-state index in [1.807, 2.05) is 0 Å². The van der Waals surface area contributed by atoms with Crippen molar-refractivity contribution in [2.75, 3.05) is 24.2 Å². The SMILES string of the molecule is C[C@H]1CCc2c(sc(NC(=O)CSC(=S)N3CCCC3)c2C#N)C1. The zero-order valence-electron chi connectivity index (χ0n) is 13.8. The molecule has 0 radical (unpaired) electrons. The highest BCUT2D eigenvalue weighted by Gasteiger charge is 2.25. The molecule has 0 saturated carbocycles. The lowest BCUT2D eigenvalue weighted by molar-refractivity contribution is -0.113. The normalized spacial score (nSPS) is 19.7. The number of nitriles is 1. The minimum absolute atomic E-state index is 0.0790. The van der Waals surface area contributed by atoms with Gasteiger partial charge in [-0.05, 0) is 43.6 Å². The molecule has 1 fully saturated rings. The Bertz CT molecular complexity index is 686. The van der Waals surface area contributed by atoms with Gasteiger partial charge in [-0.25, -0.2) is 0 Å². The van der Waals surface area contributed by atoms with E-state index in [0.29, 0.717) is 22.2 Å². The number of rotatable bonds is 3. The molecule has 1 aliphatic carbocycles. The monoisotopic (exact) mass is 379 g/mol. The Morgan fingerprint density at radius 2 is 2.25 bits per heavy atom. The Morgan fingerprint density at radius 1 is 1.50 bits per heavy atom. The molecule has 3 rings (SSSR count). The molecule has 1 amide bonds. The van der Waals surface area contributed by atoms with Gasteiger partial charge in [0.1, 0.15) is 15.4 Å². The van der Waals surface area contributed by atoms with Gasteiger partial charge in [0, 0.05) is 18.0 Å². The summed E-state index contributed by atoms with van der Waals surface area (Å²) >= 11 is 8.38. The number of thiocarbonyl (C=S) groups is 1. The zero-order valence-corrected chi connectivity index (χ0v) is 16.2. The lowest BCUT2D eigenvalue weighted by atomic mass is 9.89. The van der Waals surface area contributed by atoms with E-state index in [1.165, 1.54) is 29.5 Å². The third kappa shape index (κ3) is 3.93. The average Bonchev–Trinajstić information content (AvgIpc) is 3.19. The van der Waals surface area contributed by atoms with Crippen molar-refractivity contribution < 1.29 is 4.79 Å². The summed E-state index contributed by atoms with van der Waals surface area (Å²) in [5.74, 6) is 0.878. The first kappa shape index (κ1) is 17.7. The number of hydrogen-bond acceptors (Lipinski definition) is 5. The van der Waals surface area contributed by atoms with Crippen molar-refractivity contribution in [3.05, 3.63) is 16.0 Å². The summed E-state index contributed by atoms with van der Waals surface area (Å²) in [4.78, 5) is 15.7. The zero-order chi connectivity index (χ0) is 17.1. The lowest BCUT2D eigenvalue weighted by Gasteiger charge is -2.17. The van der Waals surface area contributed by atoms with E-state index in [1.54, 1.807) is 11.3 Å². The highest BCUT2D eigenvalue weighted by Crippen LogP contribution is 2.39. The summed E-state index contributed by atoms with van der Waals surface area (Å²) in [6.45, 7) is 4.24. The number of anilines is 1. The maximum Gasteiger partial charge on any atom is 0.235 e. The number of carbonyl (C=O) groups excluding carboxylic acids is 1. The molecule has 0 aromatic carbocycles. The highest BCUT2D eigenvalue weighted by atomic mass is 32.2. The van der Waals surface area contributed by atoms with Gasteiger partial charge in [0.2, 0.25) is 5.91 Å². The standard InChI is InChI=1S/C17H21N3OS3/c1-11-4-5-12-13(9-18)16(24-14(12)8-11)19-15(21)10-23-17(22)20-6-2-3-7-20/h11H,2-8,10H2,1H3,(H,19,21)/t11-/m0/s1. The number of nitrogens with zero attached hydrogens (tertiary/aromatic N) is 2. The number of thiophene rings is 1. The second kappa shape index (κ2) is 7.85. The van der Waals surface area contributed by atoms with Crippen LogP contribution in [0.25, 0.3) is 0 Å². The van der Waals surface area contributed by atoms with Gasteiger partial charge in [-0.15, -0.1) is 11.3 Å². The van der Waals surface area contributed by atoms with Crippen molar-refractivity contribution in [2.45, 2.75) is 39.0 Å². The van der Waals surface area contributed by atoms with E-state index in [0.717, 1.165) is 42.2 Å². The predicted octanol–water partition coefficient (Wildman–Crippen LogP) is 3.80. The van der Waals surface area contributed by atoms with Crippen LogP contribution in [0.3, 0.4) is 0 Å². The topological polar surface area (TPSA) is 56.1 Å². The summed E-state index contributed by atoms with van der Waals surface area (Å²) in [5.41, 5.74) is 1.82. The van der Waals surface area contributed by atoms with E-state index < -0.39 is 0 Å². The fourth-order valence-corrected chi connectivity index (χ4v) is 5.67. The number of hydrogen-bond donors (Lipinski definition) is 1. The Morgan fingerprint density at radius 3 is 2.96 bits per heavy atom. The van der Waals surface area contributed by atoms with Crippen LogP contribution in [0.1, 0.15) is 42.2 Å². The maximum atomic E-state index is 12.3. The molecule has 2 heterocycles. The van der Waals surface area contributed by atoms with Gasteiger partial charge in [0.05, 0.1) is 11.3 Å². The van der Waals surface area contributed by atoms with E-state index in [2.05, 4.69) is 23.2 Å². The van der Waals surface area contributed by atoms with E-state index in [9.17, 15) is 10.1 Å². The van der Waals surface area contributed by atoms with Crippen LogP contribution in [0.5, 0.6) is 0 Å². The summed E-state index contributed by atoms with van der Waals surface area (Å²) in [6.07, 6.45) is 5.43. The van der Waals surface area contributed by atoms with Gasteiger partial charge < -0.3 is 10.2 Å². The van der Waals surface area contributed by atoms with Gasteiger partial charge in [0.25, 0.3) is 0 Å². The van der Waals surface area contributed by atoms with Crippen LogP contribution in [0.2, 0.25) is 0 Å². The van der Waals surface area contributed by atoms with Crippen LogP contribution in [0, 0.1) is 17.2 Å². The second-order valence-electron chi connectivity index (χ2n) is 6.46. The smallest absolute Gasteiger partial charge is 0.235 e. The molecule has 4 nitrogen and oxygen atoms in total. The minimum atomic E-state index is -0.0790. The molecule has 1 aliphatic heterocycles. The second-order valence-corrected chi connectivity index (χ2v) is 9.18. The molecule has 0 spiro atoms. The Balaban J connectivity index is 1.60. The molecule has 0 bridgehead atoms. The Labute approximate surface area is 156 Å².